The fraction of sp³-hybridized carbons (Fsp3) is 0.467. The maximum atomic E-state index is 12.3. The second-order valence-electron chi connectivity index (χ2n) is 5.71. The minimum Gasteiger partial charge on any atom is -0.366 e. The molecular formula is C15H17N3O5. The Balaban J connectivity index is 1.56. The number of nitrogens with zero attached hydrogens (tertiary/aromatic N) is 2. The SMILES string of the molecule is O=C(C[C@@H]1OC[C@@H]2CCCN2C1=O)Nc1ccc([N+](=O)[O-])cc1. The number of ether oxygens (including phenoxy) is 1. The lowest BCUT2D eigenvalue weighted by atomic mass is 10.1. The first-order chi connectivity index (χ1) is 11.0. The number of amides is 2. The molecular weight excluding hydrogens is 302 g/mol. The minimum atomic E-state index is -0.748. The maximum absolute atomic E-state index is 12.3. The maximum Gasteiger partial charge on any atom is 0.269 e. The Morgan fingerprint density at radius 1 is 1.39 bits per heavy atom. The van der Waals surface area contributed by atoms with Gasteiger partial charge in [0.05, 0.1) is 24.0 Å². The van der Waals surface area contributed by atoms with Gasteiger partial charge in [-0.15, -0.1) is 0 Å². The summed E-state index contributed by atoms with van der Waals surface area (Å²) in [4.78, 5) is 36.2. The molecule has 2 atom stereocenters. The van der Waals surface area contributed by atoms with Gasteiger partial charge in [-0.3, -0.25) is 19.7 Å². The van der Waals surface area contributed by atoms with Crippen molar-refractivity contribution in [2.24, 2.45) is 0 Å². The average Bonchev–Trinajstić information content (AvgIpc) is 3.00. The van der Waals surface area contributed by atoms with Crippen LogP contribution in [0.1, 0.15) is 19.3 Å². The Morgan fingerprint density at radius 3 is 2.83 bits per heavy atom. The first-order valence-corrected chi connectivity index (χ1v) is 7.51. The highest BCUT2D eigenvalue weighted by Crippen LogP contribution is 2.25. The molecule has 2 aliphatic heterocycles. The van der Waals surface area contributed by atoms with Crippen LogP contribution in [0.3, 0.4) is 0 Å². The molecule has 0 aromatic heterocycles. The molecule has 8 heteroatoms. The Kier molecular flexibility index (Phi) is 4.24. The van der Waals surface area contributed by atoms with Crippen LogP contribution >= 0.6 is 0 Å². The van der Waals surface area contributed by atoms with Gasteiger partial charge in [-0.05, 0) is 25.0 Å². The number of nitro groups is 1. The summed E-state index contributed by atoms with van der Waals surface area (Å²) in [5, 5.41) is 13.2. The molecule has 2 amide bonds. The Labute approximate surface area is 132 Å². The molecule has 0 aliphatic carbocycles. The van der Waals surface area contributed by atoms with Gasteiger partial charge in [0.1, 0.15) is 6.10 Å². The Bertz CT molecular complexity index is 631. The van der Waals surface area contributed by atoms with Gasteiger partial charge in [-0.2, -0.15) is 0 Å². The quantitative estimate of drug-likeness (QED) is 0.666. The predicted molar refractivity (Wildman–Crippen MR) is 80.8 cm³/mol. The minimum absolute atomic E-state index is 0.0473. The number of anilines is 1. The van der Waals surface area contributed by atoms with Gasteiger partial charge in [-0.1, -0.05) is 0 Å². The van der Waals surface area contributed by atoms with Gasteiger partial charge in [-0.25, -0.2) is 0 Å². The number of benzene rings is 1. The van der Waals surface area contributed by atoms with Crippen molar-refractivity contribution in [3.05, 3.63) is 34.4 Å². The van der Waals surface area contributed by atoms with Gasteiger partial charge < -0.3 is 15.0 Å². The summed E-state index contributed by atoms with van der Waals surface area (Å²) in [5.74, 6) is -0.479. The van der Waals surface area contributed by atoms with E-state index in [1.54, 1.807) is 4.90 Å². The summed E-state index contributed by atoms with van der Waals surface area (Å²) in [7, 11) is 0. The summed E-state index contributed by atoms with van der Waals surface area (Å²) in [6.07, 6.45) is 1.12. The van der Waals surface area contributed by atoms with Crippen LogP contribution in [0.4, 0.5) is 11.4 Å². The summed E-state index contributed by atoms with van der Waals surface area (Å²) in [5.41, 5.74) is 0.400. The third kappa shape index (κ3) is 3.31. The van der Waals surface area contributed by atoms with Crippen molar-refractivity contribution < 1.29 is 19.2 Å². The largest absolute Gasteiger partial charge is 0.366 e. The van der Waals surface area contributed by atoms with Crippen molar-refractivity contribution in [3.8, 4) is 0 Å². The van der Waals surface area contributed by atoms with Crippen molar-refractivity contribution in [2.75, 3.05) is 18.5 Å². The molecule has 23 heavy (non-hydrogen) atoms. The van der Waals surface area contributed by atoms with Crippen molar-refractivity contribution in [1.82, 2.24) is 4.90 Å². The highest BCUT2D eigenvalue weighted by Gasteiger charge is 2.39. The summed E-state index contributed by atoms with van der Waals surface area (Å²) in [6.45, 7) is 1.20. The fourth-order valence-corrected chi connectivity index (χ4v) is 2.98. The molecule has 2 fully saturated rings. The molecule has 2 heterocycles. The van der Waals surface area contributed by atoms with Crippen LogP contribution in [0.25, 0.3) is 0 Å². The van der Waals surface area contributed by atoms with Crippen LogP contribution in [0.5, 0.6) is 0 Å². The first kappa shape index (κ1) is 15.4. The molecule has 8 nitrogen and oxygen atoms in total. The third-order valence-electron chi connectivity index (χ3n) is 4.16. The number of hydrogen-bond acceptors (Lipinski definition) is 5. The van der Waals surface area contributed by atoms with Crippen LogP contribution in [0.2, 0.25) is 0 Å². The lowest BCUT2D eigenvalue weighted by Gasteiger charge is -2.34. The molecule has 3 rings (SSSR count). The average molecular weight is 319 g/mol. The van der Waals surface area contributed by atoms with Gasteiger partial charge in [0.2, 0.25) is 5.91 Å². The standard InChI is InChI=1S/C15H17N3O5/c19-14(16-10-3-5-11(6-4-10)18(21)22)8-13-15(20)17-7-1-2-12(17)9-23-13/h3-6,12-13H,1-2,7-9H2,(H,16,19)/t12-,13-/m0/s1. The molecule has 2 aliphatic rings. The third-order valence-corrected chi connectivity index (χ3v) is 4.16. The smallest absolute Gasteiger partial charge is 0.269 e. The molecule has 0 radical (unpaired) electrons. The molecule has 1 aromatic rings. The Hall–Kier alpha value is -2.48. The van der Waals surface area contributed by atoms with Crippen LogP contribution in [-0.2, 0) is 14.3 Å². The normalized spacial score (nSPS) is 23.5. The number of non-ortho nitro benzene ring substituents is 1. The van der Waals surface area contributed by atoms with Gasteiger partial charge >= 0.3 is 0 Å². The number of hydrogen-bond donors (Lipinski definition) is 1. The number of rotatable bonds is 4. The van der Waals surface area contributed by atoms with Crippen molar-refractivity contribution >= 4 is 23.2 Å². The zero-order valence-electron chi connectivity index (χ0n) is 12.4. The molecule has 0 saturated carbocycles. The van der Waals surface area contributed by atoms with Crippen LogP contribution in [0.15, 0.2) is 24.3 Å². The van der Waals surface area contributed by atoms with Crippen LogP contribution < -0.4 is 5.32 Å². The van der Waals surface area contributed by atoms with Gasteiger partial charge in [0.25, 0.3) is 11.6 Å². The summed E-state index contributed by atoms with van der Waals surface area (Å²) < 4.78 is 5.52. The first-order valence-electron chi connectivity index (χ1n) is 7.51. The van der Waals surface area contributed by atoms with E-state index in [1.165, 1.54) is 24.3 Å². The van der Waals surface area contributed by atoms with Crippen LogP contribution in [-0.4, -0.2) is 46.9 Å². The van der Waals surface area contributed by atoms with Crippen molar-refractivity contribution in [3.63, 3.8) is 0 Å². The summed E-state index contributed by atoms with van der Waals surface area (Å²) in [6, 6.07) is 5.68. The van der Waals surface area contributed by atoms with Crippen LogP contribution in [0, 0.1) is 10.1 Å². The molecule has 0 spiro atoms. The fourth-order valence-electron chi connectivity index (χ4n) is 2.98. The second-order valence-corrected chi connectivity index (χ2v) is 5.71. The molecule has 2 saturated heterocycles. The number of morpholine rings is 1. The van der Waals surface area contributed by atoms with E-state index in [-0.39, 0.29) is 30.0 Å². The predicted octanol–water partition coefficient (Wildman–Crippen LogP) is 1.31. The zero-order chi connectivity index (χ0) is 16.4. The molecule has 1 aromatic carbocycles. The van der Waals surface area contributed by atoms with Crippen molar-refractivity contribution in [1.29, 1.82) is 0 Å². The van der Waals surface area contributed by atoms with E-state index in [9.17, 15) is 19.7 Å². The monoisotopic (exact) mass is 319 g/mol. The van der Waals surface area contributed by atoms with E-state index in [0.717, 1.165) is 19.4 Å². The number of carbonyl (C=O) groups is 2. The number of carbonyl (C=O) groups excluding carboxylic acids is 2. The van der Waals surface area contributed by atoms with E-state index in [2.05, 4.69) is 5.32 Å². The van der Waals surface area contributed by atoms with E-state index in [4.69, 9.17) is 4.74 Å². The Morgan fingerprint density at radius 2 is 2.13 bits per heavy atom. The highest BCUT2D eigenvalue weighted by molar-refractivity contribution is 5.95. The molecule has 0 bridgehead atoms. The molecule has 1 N–H and O–H groups in total. The second kappa shape index (κ2) is 6.33. The topological polar surface area (TPSA) is 102 Å². The van der Waals surface area contributed by atoms with E-state index in [0.29, 0.717) is 12.3 Å². The highest BCUT2D eigenvalue weighted by atomic mass is 16.6. The lowest BCUT2D eigenvalue weighted by molar-refractivity contribution is -0.384. The number of nitrogens with one attached hydrogen (secondary N) is 1. The van der Waals surface area contributed by atoms with E-state index < -0.39 is 11.0 Å². The number of nitro benzene ring substituents is 1. The summed E-state index contributed by atoms with van der Waals surface area (Å²) >= 11 is 0. The van der Waals surface area contributed by atoms with Gasteiger partial charge in [0.15, 0.2) is 0 Å². The number of fused-ring (bicyclic) bond motifs is 1. The van der Waals surface area contributed by atoms with Gasteiger partial charge in [0, 0.05) is 24.4 Å². The van der Waals surface area contributed by atoms with E-state index >= 15 is 0 Å². The lowest BCUT2D eigenvalue weighted by Crippen LogP contribution is -2.51. The zero-order valence-corrected chi connectivity index (χ0v) is 12.4. The van der Waals surface area contributed by atoms with E-state index in [1.807, 2.05) is 0 Å². The molecule has 122 valence electrons. The van der Waals surface area contributed by atoms with Crippen molar-refractivity contribution in [2.45, 2.75) is 31.4 Å². The molecule has 0 unspecified atom stereocenters.